The number of sulfonamides is 1. The van der Waals surface area contributed by atoms with Crippen LogP contribution >= 0.6 is 27.5 Å². The summed E-state index contributed by atoms with van der Waals surface area (Å²) in [5.41, 5.74) is 2.73. The van der Waals surface area contributed by atoms with Gasteiger partial charge < -0.3 is 4.90 Å². The molecule has 8 heteroatoms. The number of anilines is 1. The summed E-state index contributed by atoms with van der Waals surface area (Å²) in [7, 11) is -4.04. The van der Waals surface area contributed by atoms with Gasteiger partial charge in [-0.1, -0.05) is 88.2 Å². The van der Waals surface area contributed by atoms with E-state index < -0.39 is 10.0 Å². The smallest absolute Gasteiger partial charge is 0.264 e. The molecule has 38 heavy (non-hydrogen) atoms. The van der Waals surface area contributed by atoms with E-state index in [-0.39, 0.29) is 23.3 Å². The van der Waals surface area contributed by atoms with Crippen LogP contribution in [-0.4, -0.2) is 32.3 Å². The van der Waals surface area contributed by atoms with Crippen LogP contribution in [0.4, 0.5) is 5.69 Å². The van der Waals surface area contributed by atoms with Crippen molar-refractivity contribution in [2.45, 2.75) is 23.8 Å². The second-order valence-corrected chi connectivity index (χ2v) is 12.5. The first kappa shape index (κ1) is 26.5. The number of para-hydroxylation sites is 1. The average molecular weight is 610 g/mol. The number of likely N-dealkylation sites (tertiary alicyclic amines) is 1. The Morgan fingerprint density at radius 2 is 1.66 bits per heavy atom. The second-order valence-electron chi connectivity index (χ2n) is 9.27. The third-order valence-corrected chi connectivity index (χ3v) is 9.32. The Hall–Kier alpha value is -3.13. The summed E-state index contributed by atoms with van der Waals surface area (Å²) in [6.07, 6.45) is 0.859. The molecule has 1 atom stereocenters. The van der Waals surface area contributed by atoms with Gasteiger partial charge in [-0.05, 0) is 60.0 Å². The van der Waals surface area contributed by atoms with Gasteiger partial charge in [-0.25, -0.2) is 8.42 Å². The summed E-state index contributed by atoms with van der Waals surface area (Å²) in [6.45, 7) is 1.31. The lowest BCUT2D eigenvalue weighted by Gasteiger charge is -2.26. The molecule has 1 aliphatic rings. The molecule has 194 valence electrons. The molecule has 0 aromatic heterocycles. The Bertz CT molecular complexity index is 1560. The van der Waals surface area contributed by atoms with Crippen LogP contribution < -0.4 is 4.31 Å². The van der Waals surface area contributed by atoms with Gasteiger partial charge in [-0.15, -0.1) is 0 Å². The molecule has 1 fully saturated rings. The average Bonchev–Trinajstić information content (AvgIpc) is 3.43. The normalized spacial score (nSPS) is 15.4. The lowest BCUT2D eigenvalue weighted by atomic mass is 9.99. The van der Waals surface area contributed by atoms with Gasteiger partial charge in [0.25, 0.3) is 15.9 Å². The number of carbonyl (C=O) groups excluding carboxylic acids is 1. The van der Waals surface area contributed by atoms with E-state index in [1.807, 2.05) is 42.5 Å². The van der Waals surface area contributed by atoms with Crippen molar-refractivity contribution >= 4 is 49.1 Å². The number of hydrogen-bond donors (Lipinski definition) is 0. The van der Waals surface area contributed by atoms with E-state index >= 15 is 0 Å². The fourth-order valence-corrected chi connectivity index (χ4v) is 7.00. The summed E-state index contributed by atoms with van der Waals surface area (Å²) in [5.74, 6) is 0.0665. The van der Waals surface area contributed by atoms with Gasteiger partial charge in [0.2, 0.25) is 0 Å². The fourth-order valence-electron chi connectivity index (χ4n) is 4.78. The Labute approximate surface area is 236 Å². The summed E-state index contributed by atoms with van der Waals surface area (Å²) in [6, 6.07) is 30.6. The van der Waals surface area contributed by atoms with E-state index in [0.717, 1.165) is 16.5 Å². The molecule has 1 amide bonds. The predicted octanol–water partition coefficient (Wildman–Crippen LogP) is 7.13. The van der Waals surface area contributed by atoms with Gasteiger partial charge in [-0.3, -0.25) is 9.10 Å². The Balaban J connectivity index is 1.43. The molecule has 1 unspecified atom stereocenters. The van der Waals surface area contributed by atoms with Crippen molar-refractivity contribution in [1.82, 2.24) is 4.90 Å². The van der Waals surface area contributed by atoms with E-state index in [9.17, 15) is 13.2 Å². The first-order valence-electron chi connectivity index (χ1n) is 12.3. The van der Waals surface area contributed by atoms with Crippen LogP contribution in [0.5, 0.6) is 0 Å². The number of carbonyl (C=O) groups is 1. The Morgan fingerprint density at radius 1 is 0.921 bits per heavy atom. The minimum atomic E-state index is -4.04. The summed E-state index contributed by atoms with van der Waals surface area (Å²) >= 11 is 9.97. The zero-order valence-corrected chi connectivity index (χ0v) is 23.7. The quantitative estimate of drug-likeness (QED) is 0.224. The van der Waals surface area contributed by atoms with Crippen molar-refractivity contribution in [3.8, 4) is 0 Å². The molecule has 0 radical (unpaired) electrons. The van der Waals surface area contributed by atoms with Gasteiger partial charge in [0.15, 0.2) is 0 Å². The topological polar surface area (TPSA) is 57.7 Å². The number of hydrogen-bond acceptors (Lipinski definition) is 3. The van der Waals surface area contributed by atoms with Crippen LogP contribution in [-0.2, 0) is 16.6 Å². The summed E-state index contributed by atoms with van der Waals surface area (Å²) < 4.78 is 30.3. The fraction of sp³-hybridized carbons (Fsp3) is 0.167. The largest absolute Gasteiger partial charge is 0.338 e. The van der Waals surface area contributed by atoms with Gasteiger partial charge in [-0.2, -0.15) is 0 Å². The molecule has 0 saturated carbocycles. The summed E-state index contributed by atoms with van der Waals surface area (Å²) in [4.78, 5) is 15.3. The van der Waals surface area contributed by atoms with Gasteiger partial charge in [0.05, 0.1) is 22.2 Å². The maximum atomic E-state index is 14.0. The zero-order chi connectivity index (χ0) is 26.7. The van der Waals surface area contributed by atoms with Crippen molar-refractivity contribution in [3.05, 3.63) is 129 Å². The molecule has 0 spiro atoms. The van der Waals surface area contributed by atoms with Crippen LogP contribution in [0.1, 0.15) is 33.8 Å². The van der Waals surface area contributed by atoms with Crippen LogP contribution in [0.3, 0.4) is 0 Å². The molecule has 0 N–H and O–H groups in total. The SMILES string of the molecule is O=C(c1cccc(S(=O)(=O)N(Cc2ccccc2)c2ccccc2Cl)c1)N1CCC(c2cccc(Br)c2)C1. The highest BCUT2D eigenvalue weighted by atomic mass is 79.9. The van der Waals surface area contributed by atoms with Gasteiger partial charge in [0.1, 0.15) is 0 Å². The van der Waals surface area contributed by atoms with Crippen molar-refractivity contribution in [3.63, 3.8) is 0 Å². The Morgan fingerprint density at radius 3 is 2.42 bits per heavy atom. The van der Waals surface area contributed by atoms with Crippen molar-refractivity contribution < 1.29 is 13.2 Å². The number of amides is 1. The third kappa shape index (κ3) is 5.65. The number of rotatable bonds is 7. The van der Waals surface area contributed by atoms with E-state index in [1.54, 1.807) is 41.3 Å². The lowest BCUT2D eigenvalue weighted by molar-refractivity contribution is 0.0790. The molecule has 1 saturated heterocycles. The monoisotopic (exact) mass is 608 g/mol. The van der Waals surface area contributed by atoms with Crippen molar-refractivity contribution in [2.75, 3.05) is 17.4 Å². The lowest BCUT2D eigenvalue weighted by Crippen LogP contribution is -2.32. The van der Waals surface area contributed by atoms with Crippen molar-refractivity contribution in [2.24, 2.45) is 0 Å². The zero-order valence-electron chi connectivity index (χ0n) is 20.5. The van der Waals surface area contributed by atoms with E-state index in [4.69, 9.17) is 11.6 Å². The van der Waals surface area contributed by atoms with Crippen molar-refractivity contribution in [1.29, 1.82) is 0 Å². The standard InChI is InChI=1S/C30H26BrClN2O3S/c31-26-12-6-10-23(18-26)25-16-17-33(21-25)30(35)24-11-7-13-27(19-24)38(36,37)34(20-22-8-2-1-3-9-22)29-15-5-4-14-28(29)32/h1-15,18-19,25H,16-17,20-21H2. The molecule has 0 aliphatic carbocycles. The predicted molar refractivity (Wildman–Crippen MR) is 155 cm³/mol. The van der Waals surface area contributed by atoms with Crippen LogP contribution in [0.2, 0.25) is 5.02 Å². The highest BCUT2D eigenvalue weighted by Crippen LogP contribution is 2.33. The third-order valence-electron chi connectivity index (χ3n) is 6.75. The molecule has 4 aromatic rings. The maximum Gasteiger partial charge on any atom is 0.264 e. The molecule has 0 bridgehead atoms. The van der Waals surface area contributed by atoms with E-state index in [1.165, 1.54) is 22.0 Å². The number of benzene rings is 4. The van der Waals surface area contributed by atoms with Crippen LogP contribution in [0, 0.1) is 0 Å². The summed E-state index contributed by atoms with van der Waals surface area (Å²) in [5, 5.41) is 0.329. The maximum absolute atomic E-state index is 14.0. The van der Waals surface area contributed by atoms with Crippen LogP contribution in [0.25, 0.3) is 0 Å². The highest BCUT2D eigenvalue weighted by molar-refractivity contribution is 9.10. The molecule has 5 rings (SSSR count). The minimum Gasteiger partial charge on any atom is -0.338 e. The van der Waals surface area contributed by atoms with Gasteiger partial charge >= 0.3 is 0 Å². The van der Waals surface area contributed by atoms with E-state index in [0.29, 0.717) is 29.4 Å². The minimum absolute atomic E-state index is 0.0435. The number of nitrogens with zero attached hydrogens (tertiary/aromatic N) is 2. The molecular formula is C30H26BrClN2O3S. The molecule has 5 nitrogen and oxygen atoms in total. The first-order valence-corrected chi connectivity index (χ1v) is 14.9. The first-order chi connectivity index (χ1) is 18.3. The van der Waals surface area contributed by atoms with Gasteiger partial charge in [0, 0.05) is 29.0 Å². The highest BCUT2D eigenvalue weighted by Gasteiger charge is 2.31. The molecular weight excluding hydrogens is 584 g/mol. The molecule has 4 aromatic carbocycles. The molecule has 1 heterocycles. The second kappa shape index (κ2) is 11.3. The Kier molecular flexibility index (Phi) is 7.88. The number of halogens is 2. The van der Waals surface area contributed by atoms with Crippen LogP contribution in [0.15, 0.2) is 112 Å². The van der Waals surface area contributed by atoms with E-state index in [2.05, 4.69) is 28.1 Å². The molecule has 1 aliphatic heterocycles.